The first-order chi connectivity index (χ1) is 11.0. The van der Waals surface area contributed by atoms with Crippen LogP contribution < -0.4 is 10.6 Å². The monoisotopic (exact) mass is 353 g/mol. The highest BCUT2D eigenvalue weighted by Gasteiger charge is 2.10. The average Bonchev–Trinajstić information content (AvgIpc) is 2.49. The molecule has 23 heavy (non-hydrogen) atoms. The molecule has 120 valence electrons. The van der Waals surface area contributed by atoms with Crippen LogP contribution in [0.4, 0.5) is 15.8 Å². The van der Waals surface area contributed by atoms with Crippen molar-refractivity contribution in [3.8, 4) is 0 Å². The maximum Gasteiger partial charge on any atom is 0.271 e. The third kappa shape index (κ3) is 5.15. The number of anilines is 1. The second kappa shape index (κ2) is 7.85. The molecule has 0 amide bonds. The first kappa shape index (κ1) is 17.1. The van der Waals surface area contributed by atoms with Crippen molar-refractivity contribution in [1.29, 1.82) is 0 Å². The highest BCUT2D eigenvalue weighted by molar-refractivity contribution is 7.80. The summed E-state index contributed by atoms with van der Waals surface area (Å²) in [5, 5.41) is 17.1. The fraction of sp³-hybridized carbons (Fsp3) is 0.133. The zero-order chi connectivity index (χ0) is 16.8. The molecule has 0 unspecified atom stereocenters. The maximum atomic E-state index is 13.1. The van der Waals surface area contributed by atoms with Gasteiger partial charge in [0.15, 0.2) is 5.11 Å². The minimum atomic E-state index is -0.512. The normalized spacial score (nSPS) is 10.2. The van der Waals surface area contributed by atoms with E-state index in [9.17, 15) is 14.5 Å². The lowest BCUT2D eigenvalue weighted by atomic mass is 10.1. The molecule has 2 rings (SSSR count). The third-order valence-electron chi connectivity index (χ3n) is 3.00. The van der Waals surface area contributed by atoms with Crippen LogP contribution in [0.15, 0.2) is 42.5 Å². The van der Waals surface area contributed by atoms with Gasteiger partial charge in [-0.15, -0.1) is 0 Å². The van der Waals surface area contributed by atoms with Crippen molar-refractivity contribution in [3.05, 3.63) is 69.0 Å². The van der Waals surface area contributed by atoms with Gasteiger partial charge in [0.25, 0.3) is 5.69 Å². The van der Waals surface area contributed by atoms with Gasteiger partial charge in [-0.05, 0) is 42.4 Å². The second-order valence-electron chi connectivity index (χ2n) is 4.68. The van der Waals surface area contributed by atoms with E-state index in [2.05, 4.69) is 10.6 Å². The summed E-state index contributed by atoms with van der Waals surface area (Å²) in [5.41, 5.74) is 1.11. The highest BCUT2D eigenvalue weighted by atomic mass is 35.5. The van der Waals surface area contributed by atoms with E-state index < -0.39 is 4.92 Å². The molecule has 8 heteroatoms. The number of hydrogen-bond acceptors (Lipinski definition) is 3. The van der Waals surface area contributed by atoms with Crippen molar-refractivity contribution in [1.82, 2.24) is 5.32 Å². The molecule has 0 saturated heterocycles. The number of rotatable bonds is 5. The van der Waals surface area contributed by atoms with Crippen LogP contribution >= 0.6 is 23.8 Å². The number of nitro benzene ring substituents is 1. The van der Waals surface area contributed by atoms with Gasteiger partial charge in [-0.25, -0.2) is 4.39 Å². The average molecular weight is 354 g/mol. The number of nitro groups is 1. The van der Waals surface area contributed by atoms with E-state index in [1.54, 1.807) is 6.07 Å². The lowest BCUT2D eigenvalue weighted by Gasteiger charge is -2.11. The molecule has 0 bridgehead atoms. The summed E-state index contributed by atoms with van der Waals surface area (Å²) in [6.07, 6.45) is 0.586. The molecule has 0 aliphatic carbocycles. The summed E-state index contributed by atoms with van der Waals surface area (Å²) >= 11 is 11.1. The van der Waals surface area contributed by atoms with Gasteiger partial charge in [0, 0.05) is 18.7 Å². The molecule has 0 aliphatic heterocycles. The Bertz CT molecular complexity index is 742. The molecule has 0 spiro atoms. The van der Waals surface area contributed by atoms with Crippen LogP contribution in [0.3, 0.4) is 0 Å². The minimum absolute atomic E-state index is 0.0838. The molecular weight excluding hydrogens is 341 g/mol. The zero-order valence-corrected chi connectivity index (χ0v) is 13.5. The van der Waals surface area contributed by atoms with E-state index in [1.165, 1.54) is 30.3 Å². The Morgan fingerprint density at radius 1 is 1.30 bits per heavy atom. The van der Waals surface area contributed by atoms with E-state index >= 15 is 0 Å². The molecule has 0 atom stereocenters. The van der Waals surface area contributed by atoms with Gasteiger partial charge < -0.3 is 10.6 Å². The van der Waals surface area contributed by atoms with Crippen molar-refractivity contribution in [3.63, 3.8) is 0 Å². The van der Waals surface area contributed by atoms with E-state index in [1.807, 2.05) is 6.07 Å². The summed E-state index contributed by atoms with van der Waals surface area (Å²) in [4.78, 5) is 10.3. The summed E-state index contributed by atoms with van der Waals surface area (Å²) < 4.78 is 13.1. The smallest absolute Gasteiger partial charge is 0.271 e. The Hall–Kier alpha value is -2.25. The molecular formula is C15H13ClFN3O2S. The van der Waals surface area contributed by atoms with Crippen LogP contribution in [-0.4, -0.2) is 16.6 Å². The molecule has 2 aromatic carbocycles. The Labute approximate surface area is 142 Å². The molecule has 2 aromatic rings. The van der Waals surface area contributed by atoms with E-state index in [4.69, 9.17) is 23.8 Å². The van der Waals surface area contributed by atoms with Gasteiger partial charge >= 0.3 is 0 Å². The van der Waals surface area contributed by atoms with Crippen molar-refractivity contribution in [2.75, 3.05) is 11.9 Å². The molecule has 2 N–H and O–H groups in total. The second-order valence-corrected chi connectivity index (χ2v) is 5.50. The zero-order valence-electron chi connectivity index (χ0n) is 11.9. The van der Waals surface area contributed by atoms with Gasteiger partial charge in [-0.2, -0.15) is 0 Å². The van der Waals surface area contributed by atoms with Crippen LogP contribution in [0.25, 0.3) is 0 Å². The molecule has 0 saturated carbocycles. The van der Waals surface area contributed by atoms with Crippen molar-refractivity contribution in [2.45, 2.75) is 6.42 Å². The number of benzene rings is 2. The Balaban J connectivity index is 1.90. The van der Waals surface area contributed by atoms with Crippen LogP contribution in [0.2, 0.25) is 5.02 Å². The maximum absolute atomic E-state index is 13.1. The topological polar surface area (TPSA) is 67.2 Å². The van der Waals surface area contributed by atoms with Crippen molar-refractivity contribution >= 4 is 40.3 Å². The SMILES string of the molecule is O=[N+]([O-])c1ccc(Cl)c(NC(=S)NCCc2cccc(F)c2)c1. The fourth-order valence-electron chi connectivity index (χ4n) is 1.90. The van der Waals surface area contributed by atoms with Crippen molar-refractivity contribution < 1.29 is 9.31 Å². The summed E-state index contributed by atoms with van der Waals surface area (Å²) in [7, 11) is 0. The molecule has 0 heterocycles. The predicted molar refractivity (Wildman–Crippen MR) is 92.4 cm³/mol. The molecule has 0 fully saturated rings. The summed E-state index contributed by atoms with van der Waals surface area (Å²) in [5.74, 6) is -0.286. The third-order valence-corrected chi connectivity index (χ3v) is 3.57. The predicted octanol–water partition coefficient (Wildman–Crippen LogP) is 3.92. The largest absolute Gasteiger partial charge is 0.362 e. The molecule has 0 aromatic heterocycles. The van der Waals surface area contributed by atoms with Gasteiger partial charge in [0.2, 0.25) is 0 Å². The van der Waals surface area contributed by atoms with Gasteiger partial charge in [0.1, 0.15) is 5.82 Å². The van der Waals surface area contributed by atoms with Crippen LogP contribution in [0.5, 0.6) is 0 Å². The van der Waals surface area contributed by atoms with Gasteiger partial charge in [0.05, 0.1) is 15.6 Å². The number of non-ortho nitro benzene ring substituents is 1. The number of nitrogens with zero attached hydrogens (tertiary/aromatic N) is 1. The van der Waals surface area contributed by atoms with E-state index in [-0.39, 0.29) is 16.6 Å². The number of hydrogen-bond donors (Lipinski definition) is 2. The quantitative estimate of drug-likeness (QED) is 0.484. The number of thiocarbonyl (C=S) groups is 1. The highest BCUT2D eigenvalue weighted by Crippen LogP contribution is 2.26. The summed E-state index contributed by atoms with van der Waals surface area (Å²) in [6, 6.07) is 10.3. The first-order valence-corrected chi connectivity index (χ1v) is 7.47. The first-order valence-electron chi connectivity index (χ1n) is 6.69. The van der Waals surface area contributed by atoms with Gasteiger partial charge in [-0.1, -0.05) is 23.7 Å². The lowest BCUT2D eigenvalue weighted by Crippen LogP contribution is -2.30. The molecule has 0 radical (unpaired) electrons. The minimum Gasteiger partial charge on any atom is -0.362 e. The fourth-order valence-corrected chi connectivity index (χ4v) is 2.28. The van der Waals surface area contributed by atoms with E-state index in [0.29, 0.717) is 23.7 Å². The van der Waals surface area contributed by atoms with Crippen LogP contribution in [-0.2, 0) is 6.42 Å². The number of nitrogens with one attached hydrogen (secondary N) is 2. The summed E-state index contributed by atoms with van der Waals surface area (Å²) in [6.45, 7) is 0.488. The van der Waals surface area contributed by atoms with Crippen molar-refractivity contribution in [2.24, 2.45) is 0 Å². The lowest BCUT2D eigenvalue weighted by molar-refractivity contribution is -0.384. The van der Waals surface area contributed by atoms with Crippen LogP contribution in [0, 0.1) is 15.9 Å². The standard InChI is InChI=1S/C15H13ClFN3O2S/c16-13-5-4-12(20(21)22)9-14(13)19-15(23)18-7-6-10-2-1-3-11(17)8-10/h1-5,8-9H,6-7H2,(H2,18,19,23). The molecule has 5 nitrogen and oxygen atoms in total. The van der Waals surface area contributed by atoms with E-state index in [0.717, 1.165) is 5.56 Å². The Morgan fingerprint density at radius 3 is 2.78 bits per heavy atom. The van der Waals surface area contributed by atoms with Gasteiger partial charge in [-0.3, -0.25) is 10.1 Å². The van der Waals surface area contributed by atoms with Crippen LogP contribution in [0.1, 0.15) is 5.56 Å². The number of halogens is 2. The Kier molecular flexibility index (Phi) is 5.84. The Morgan fingerprint density at radius 2 is 2.09 bits per heavy atom. The molecule has 0 aliphatic rings.